The minimum Gasteiger partial charge on any atom is -0.376 e. The highest BCUT2D eigenvalue weighted by Crippen LogP contribution is 2.23. The van der Waals surface area contributed by atoms with E-state index < -0.39 is 22.5 Å². The number of benzene rings is 1. The van der Waals surface area contributed by atoms with Crippen LogP contribution in [0.2, 0.25) is 5.02 Å². The zero-order chi connectivity index (χ0) is 21.6. The molecule has 2 fully saturated rings. The Morgan fingerprint density at radius 2 is 1.80 bits per heavy atom. The number of carbonyl (C=O) groups is 2. The summed E-state index contributed by atoms with van der Waals surface area (Å²) in [6, 6.07) is 5.65. The van der Waals surface area contributed by atoms with Crippen LogP contribution in [0.15, 0.2) is 29.2 Å². The van der Waals surface area contributed by atoms with Gasteiger partial charge in [0.05, 0.1) is 24.1 Å². The van der Waals surface area contributed by atoms with Gasteiger partial charge in [-0.15, -0.1) is 0 Å². The van der Waals surface area contributed by atoms with Gasteiger partial charge < -0.3 is 15.0 Å². The summed E-state index contributed by atoms with van der Waals surface area (Å²) < 4.78 is 32.7. The number of ether oxygens (including phenoxy) is 1. The van der Waals surface area contributed by atoms with Crippen LogP contribution < -0.4 is 10.0 Å². The monoisotopic (exact) mass is 457 g/mol. The van der Waals surface area contributed by atoms with E-state index in [9.17, 15) is 18.0 Å². The predicted molar refractivity (Wildman–Crippen MR) is 113 cm³/mol. The van der Waals surface area contributed by atoms with Crippen molar-refractivity contribution in [3.05, 3.63) is 29.3 Å². The summed E-state index contributed by atoms with van der Waals surface area (Å²) in [4.78, 5) is 26.8. The first-order chi connectivity index (χ1) is 14.3. The van der Waals surface area contributed by atoms with Gasteiger partial charge in [0.25, 0.3) is 0 Å². The third-order valence-electron chi connectivity index (χ3n) is 5.49. The number of hydrogen-bond donors (Lipinski definition) is 2. The van der Waals surface area contributed by atoms with E-state index in [0.717, 1.165) is 38.5 Å². The topological polar surface area (TPSA) is 105 Å². The Kier molecular flexibility index (Phi) is 8.10. The lowest BCUT2D eigenvalue weighted by Gasteiger charge is -2.28. The van der Waals surface area contributed by atoms with Crippen LogP contribution in [0.3, 0.4) is 0 Å². The Morgan fingerprint density at radius 3 is 2.43 bits per heavy atom. The Morgan fingerprint density at radius 1 is 1.10 bits per heavy atom. The molecule has 8 nitrogen and oxygen atoms in total. The van der Waals surface area contributed by atoms with Crippen molar-refractivity contribution in [1.29, 1.82) is 0 Å². The molecule has 1 aromatic rings. The molecule has 2 N–H and O–H groups in total. The number of nitrogens with one attached hydrogen (secondary N) is 2. The van der Waals surface area contributed by atoms with Gasteiger partial charge in [-0.1, -0.05) is 24.4 Å². The number of sulfonamides is 1. The smallest absolute Gasteiger partial charge is 0.241 e. The van der Waals surface area contributed by atoms with E-state index in [1.54, 1.807) is 0 Å². The average molecular weight is 458 g/mol. The normalized spacial score (nSPS) is 19.7. The van der Waals surface area contributed by atoms with Crippen molar-refractivity contribution < 1.29 is 22.7 Å². The molecule has 1 aliphatic carbocycles. The van der Waals surface area contributed by atoms with Gasteiger partial charge in [0.2, 0.25) is 21.8 Å². The number of amides is 2. The highest BCUT2D eigenvalue weighted by Gasteiger charge is 2.29. The maximum Gasteiger partial charge on any atom is 0.241 e. The second kappa shape index (κ2) is 10.6. The molecule has 1 heterocycles. The molecule has 10 heteroatoms. The van der Waals surface area contributed by atoms with Gasteiger partial charge in [-0.3, -0.25) is 9.59 Å². The van der Waals surface area contributed by atoms with Crippen molar-refractivity contribution >= 4 is 33.4 Å². The molecular formula is C20H28ClN3O5S. The Hall–Kier alpha value is -1.68. The molecule has 1 unspecified atom stereocenters. The second-order valence-electron chi connectivity index (χ2n) is 7.68. The van der Waals surface area contributed by atoms with Crippen LogP contribution in [-0.4, -0.2) is 63.5 Å². The van der Waals surface area contributed by atoms with Crippen LogP contribution in [0.25, 0.3) is 0 Å². The van der Waals surface area contributed by atoms with E-state index in [1.165, 1.54) is 29.2 Å². The minimum atomic E-state index is -3.85. The van der Waals surface area contributed by atoms with Crippen molar-refractivity contribution in [2.24, 2.45) is 0 Å². The van der Waals surface area contributed by atoms with E-state index in [4.69, 9.17) is 16.3 Å². The molecule has 0 radical (unpaired) electrons. The lowest BCUT2D eigenvalue weighted by atomic mass is 10.2. The Bertz CT molecular complexity index is 835. The molecule has 0 spiro atoms. The van der Waals surface area contributed by atoms with Gasteiger partial charge in [-0.2, -0.15) is 0 Å². The molecular weight excluding hydrogens is 430 g/mol. The minimum absolute atomic E-state index is 0.0239. The summed E-state index contributed by atoms with van der Waals surface area (Å²) in [5.41, 5.74) is 0. The van der Waals surface area contributed by atoms with E-state index in [2.05, 4.69) is 10.0 Å². The van der Waals surface area contributed by atoms with Crippen LogP contribution in [-0.2, 0) is 24.3 Å². The Balaban J connectivity index is 1.57. The zero-order valence-corrected chi connectivity index (χ0v) is 18.4. The molecule has 0 aromatic heterocycles. The van der Waals surface area contributed by atoms with Crippen molar-refractivity contribution in [2.45, 2.75) is 55.6 Å². The summed E-state index contributed by atoms with van der Waals surface area (Å²) in [7, 11) is -3.85. The first kappa shape index (κ1) is 23.0. The van der Waals surface area contributed by atoms with Gasteiger partial charge in [0, 0.05) is 24.2 Å². The average Bonchev–Trinajstić information content (AvgIpc) is 3.43. The van der Waals surface area contributed by atoms with Gasteiger partial charge >= 0.3 is 0 Å². The number of nitrogens with zero attached hydrogens (tertiary/aromatic N) is 1. The molecule has 1 atom stereocenters. The molecule has 1 saturated carbocycles. The maximum atomic E-state index is 12.8. The fraction of sp³-hybridized carbons (Fsp3) is 0.600. The summed E-state index contributed by atoms with van der Waals surface area (Å²) in [5, 5.41) is 3.25. The summed E-state index contributed by atoms with van der Waals surface area (Å²) in [6.07, 6.45) is 5.53. The molecule has 3 rings (SSSR count). The van der Waals surface area contributed by atoms with E-state index in [-0.39, 0.29) is 29.5 Å². The fourth-order valence-electron chi connectivity index (χ4n) is 3.84. The number of hydrogen-bond acceptors (Lipinski definition) is 5. The van der Waals surface area contributed by atoms with E-state index in [0.29, 0.717) is 18.2 Å². The predicted octanol–water partition coefficient (Wildman–Crippen LogP) is 1.68. The van der Waals surface area contributed by atoms with Crippen molar-refractivity contribution in [3.8, 4) is 0 Å². The zero-order valence-electron chi connectivity index (χ0n) is 16.8. The van der Waals surface area contributed by atoms with E-state index in [1.807, 2.05) is 0 Å². The highest BCUT2D eigenvalue weighted by atomic mass is 35.5. The molecule has 2 amide bonds. The first-order valence-electron chi connectivity index (χ1n) is 10.3. The molecule has 166 valence electrons. The maximum absolute atomic E-state index is 12.8. The standard InChI is InChI=1S/C20H28ClN3O5S/c21-15-7-9-18(10-8-15)30(27,28)23-13-20(26)24(16-4-1-2-5-16)14-19(25)22-12-17-6-3-11-29-17/h7-10,16-17,23H,1-6,11-14H2,(H,22,25). The first-order valence-corrected chi connectivity index (χ1v) is 12.1. The molecule has 1 aliphatic heterocycles. The molecule has 2 aliphatic rings. The molecule has 30 heavy (non-hydrogen) atoms. The van der Waals surface area contributed by atoms with Gasteiger partial charge in [0.15, 0.2) is 0 Å². The lowest BCUT2D eigenvalue weighted by Crippen LogP contribution is -2.49. The largest absolute Gasteiger partial charge is 0.376 e. The fourth-order valence-corrected chi connectivity index (χ4v) is 4.94. The van der Waals surface area contributed by atoms with Gasteiger partial charge in [0.1, 0.15) is 0 Å². The van der Waals surface area contributed by atoms with Crippen LogP contribution in [0.4, 0.5) is 0 Å². The Labute approximate surface area is 182 Å². The lowest BCUT2D eigenvalue weighted by molar-refractivity contribution is -0.137. The van der Waals surface area contributed by atoms with E-state index >= 15 is 0 Å². The van der Waals surface area contributed by atoms with Crippen LogP contribution in [0.1, 0.15) is 38.5 Å². The second-order valence-corrected chi connectivity index (χ2v) is 9.88. The van der Waals surface area contributed by atoms with Crippen molar-refractivity contribution in [1.82, 2.24) is 14.9 Å². The number of carbonyl (C=O) groups excluding carboxylic acids is 2. The van der Waals surface area contributed by atoms with Gasteiger partial charge in [-0.25, -0.2) is 13.1 Å². The van der Waals surface area contributed by atoms with Crippen LogP contribution in [0, 0.1) is 0 Å². The molecule has 0 bridgehead atoms. The summed E-state index contributed by atoms with van der Waals surface area (Å²) in [5.74, 6) is -0.669. The molecule has 1 aromatic carbocycles. The van der Waals surface area contributed by atoms with Crippen LogP contribution in [0.5, 0.6) is 0 Å². The SMILES string of the molecule is O=C(CN(C(=O)CNS(=O)(=O)c1ccc(Cl)cc1)C1CCCC1)NCC1CCCO1. The van der Waals surface area contributed by atoms with Crippen LogP contribution >= 0.6 is 11.6 Å². The number of rotatable bonds is 9. The number of halogens is 1. The van der Waals surface area contributed by atoms with Crippen molar-refractivity contribution in [2.75, 3.05) is 26.2 Å². The third-order valence-corrected chi connectivity index (χ3v) is 7.16. The molecule has 1 saturated heterocycles. The highest BCUT2D eigenvalue weighted by molar-refractivity contribution is 7.89. The quantitative estimate of drug-likeness (QED) is 0.587. The van der Waals surface area contributed by atoms with Gasteiger partial charge in [-0.05, 0) is 49.9 Å². The van der Waals surface area contributed by atoms with Crippen molar-refractivity contribution in [3.63, 3.8) is 0 Å². The summed E-state index contributed by atoms with van der Waals surface area (Å²) in [6.45, 7) is 0.648. The third kappa shape index (κ3) is 6.41. The summed E-state index contributed by atoms with van der Waals surface area (Å²) >= 11 is 5.80.